The zero-order valence-electron chi connectivity index (χ0n) is 8.50. The molecule has 0 spiro atoms. The van der Waals surface area contributed by atoms with Crippen molar-refractivity contribution in [1.82, 2.24) is 4.98 Å². The standard InChI is InChI=1S/C10H14BrClN2O/c1-7(2-3-15)5-13-10-9(11)4-8(12)6-14-10/h4,6-7,15H,2-3,5H2,1H3,(H,13,14). The van der Waals surface area contributed by atoms with Crippen LogP contribution in [0.15, 0.2) is 16.7 Å². The summed E-state index contributed by atoms with van der Waals surface area (Å²) in [6.45, 7) is 3.08. The Kier molecular flexibility index (Phi) is 5.36. The molecule has 0 saturated carbocycles. The predicted molar refractivity (Wildman–Crippen MR) is 66.3 cm³/mol. The molecular weight excluding hydrogens is 279 g/mol. The largest absolute Gasteiger partial charge is 0.396 e. The number of aliphatic hydroxyl groups is 1. The molecule has 0 aliphatic heterocycles. The van der Waals surface area contributed by atoms with Crippen molar-refractivity contribution < 1.29 is 5.11 Å². The third kappa shape index (κ3) is 4.36. The van der Waals surface area contributed by atoms with Gasteiger partial charge in [-0.3, -0.25) is 0 Å². The number of hydrogen-bond donors (Lipinski definition) is 2. The van der Waals surface area contributed by atoms with Crippen molar-refractivity contribution in [3.8, 4) is 0 Å². The molecule has 2 N–H and O–H groups in total. The molecule has 0 aromatic carbocycles. The minimum Gasteiger partial charge on any atom is -0.396 e. The Labute approximate surface area is 103 Å². The van der Waals surface area contributed by atoms with Gasteiger partial charge in [0.1, 0.15) is 5.82 Å². The fourth-order valence-corrected chi connectivity index (χ4v) is 1.92. The highest BCUT2D eigenvalue weighted by atomic mass is 79.9. The highest BCUT2D eigenvalue weighted by molar-refractivity contribution is 9.10. The summed E-state index contributed by atoms with van der Waals surface area (Å²) in [7, 11) is 0. The van der Waals surface area contributed by atoms with Gasteiger partial charge < -0.3 is 10.4 Å². The summed E-state index contributed by atoms with van der Waals surface area (Å²) in [6, 6.07) is 1.80. The molecule has 0 aliphatic carbocycles. The second-order valence-corrected chi connectivity index (χ2v) is 4.77. The summed E-state index contributed by atoms with van der Waals surface area (Å²) in [5.41, 5.74) is 0. The maximum absolute atomic E-state index is 8.75. The van der Waals surface area contributed by atoms with Crippen LogP contribution in [0.25, 0.3) is 0 Å². The minimum absolute atomic E-state index is 0.220. The first-order valence-electron chi connectivity index (χ1n) is 4.79. The van der Waals surface area contributed by atoms with Crippen LogP contribution < -0.4 is 5.32 Å². The number of aliphatic hydroxyl groups excluding tert-OH is 1. The predicted octanol–water partition coefficient (Wildman–Crippen LogP) is 2.93. The first-order valence-corrected chi connectivity index (χ1v) is 5.96. The van der Waals surface area contributed by atoms with E-state index in [-0.39, 0.29) is 6.61 Å². The number of halogens is 2. The van der Waals surface area contributed by atoms with Crippen LogP contribution in [0.1, 0.15) is 13.3 Å². The summed E-state index contributed by atoms with van der Waals surface area (Å²) in [6.07, 6.45) is 2.39. The topological polar surface area (TPSA) is 45.1 Å². The van der Waals surface area contributed by atoms with Crippen molar-refractivity contribution in [2.24, 2.45) is 5.92 Å². The van der Waals surface area contributed by atoms with Gasteiger partial charge in [-0.15, -0.1) is 0 Å². The summed E-state index contributed by atoms with van der Waals surface area (Å²) < 4.78 is 0.853. The van der Waals surface area contributed by atoms with Gasteiger partial charge in [0.05, 0.1) is 9.50 Å². The van der Waals surface area contributed by atoms with Crippen LogP contribution in [0, 0.1) is 5.92 Å². The average molecular weight is 294 g/mol. The van der Waals surface area contributed by atoms with Crippen LogP contribution in [0.4, 0.5) is 5.82 Å². The van der Waals surface area contributed by atoms with Gasteiger partial charge >= 0.3 is 0 Å². The molecule has 0 aliphatic rings. The van der Waals surface area contributed by atoms with Crippen LogP contribution in [-0.2, 0) is 0 Å². The molecule has 0 fully saturated rings. The quantitative estimate of drug-likeness (QED) is 0.877. The monoisotopic (exact) mass is 292 g/mol. The zero-order valence-corrected chi connectivity index (χ0v) is 10.8. The Morgan fingerprint density at radius 3 is 3.00 bits per heavy atom. The summed E-state index contributed by atoms with van der Waals surface area (Å²) >= 11 is 9.15. The third-order valence-electron chi connectivity index (χ3n) is 2.05. The minimum atomic E-state index is 0.220. The Morgan fingerprint density at radius 2 is 2.40 bits per heavy atom. The Bertz CT molecular complexity index is 322. The van der Waals surface area contributed by atoms with Gasteiger partial charge in [0, 0.05) is 19.3 Å². The first-order chi connectivity index (χ1) is 7.13. The molecule has 84 valence electrons. The van der Waals surface area contributed by atoms with E-state index in [1.54, 1.807) is 12.3 Å². The first kappa shape index (κ1) is 12.7. The molecule has 1 aromatic rings. The molecule has 3 nitrogen and oxygen atoms in total. The van der Waals surface area contributed by atoms with Crippen molar-refractivity contribution in [3.63, 3.8) is 0 Å². The molecule has 1 unspecified atom stereocenters. The van der Waals surface area contributed by atoms with E-state index in [1.807, 2.05) is 0 Å². The van der Waals surface area contributed by atoms with E-state index < -0.39 is 0 Å². The van der Waals surface area contributed by atoms with E-state index in [0.717, 1.165) is 23.3 Å². The SMILES string of the molecule is CC(CCO)CNc1ncc(Cl)cc1Br. The van der Waals surface area contributed by atoms with Gasteiger partial charge in [-0.25, -0.2) is 4.98 Å². The lowest BCUT2D eigenvalue weighted by molar-refractivity contribution is 0.266. The van der Waals surface area contributed by atoms with Gasteiger partial charge in [-0.05, 0) is 34.3 Å². The van der Waals surface area contributed by atoms with Gasteiger partial charge in [0.25, 0.3) is 0 Å². The number of pyridine rings is 1. The smallest absolute Gasteiger partial charge is 0.140 e. The van der Waals surface area contributed by atoms with Crippen molar-refractivity contribution in [1.29, 1.82) is 0 Å². The number of anilines is 1. The molecule has 1 aromatic heterocycles. The van der Waals surface area contributed by atoms with Crippen molar-refractivity contribution in [2.75, 3.05) is 18.5 Å². The second-order valence-electron chi connectivity index (χ2n) is 3.48. The van der Waals surface area contributed by atoms with E-state index in [4.69, 9.17) is 16.7 Å². The van der Waals surface area contributed by atoms with Crippen molar-refractivity contribution in [3.05, 3.63) is 21.8 Å². The van der Waals surface area contributed by atoms with E-state index >= 15 is 0 Å². The zero-order chi connectivity index (χ0) is 11.3. The van der Waals surface area contributed by atoms with Gasteiger partial charge in [-0.2, -0.15) is 0 Å². The lowest BCUT2D eigenvalue weighted by Gasteiger charge is -2.12. The van der Waals surface area contributed by atoms with E-state index in [2.05, 4.69) is 33.2 Å². The normalized spacial score (nSPS) is 12.5. The molecule has 0 saturated heterocycles. The van der Waals surface area contributed by atoms with Gasteiger partial charge in [0.2, 0.25) is 0 Å². The molecule has 1 atom stereocenters. The summed E-state index contributed by atoms with van der Waals surface area (Å²) in [5.74, 6) is 1.20. The highest BCUT2D eigenvalue weighted by Crippen LogP contribution is 2.23. The lowest BCUT2D eigenvalue weighted by atomic mass is 10.1. The lowest BCUT2D eigenvalue weighted by Crippen LogP contribution is -2.13. The van der Waals surface area contributed by atoms with Crippen LogP contribution in [-0.4, -0.2) is 23.2 Å². The van der Waals surface area contributed by atoms with Crippen LogP contribution >= 0.6 is 27.5 Å². The van der Waals surface area contributed by atoms with E-state index in [9.17, 15) is 0 Å². The molecule has 0 bridgehead atoms. The molecule has 1 rings (SSSR count). The highest BCUT2D eigenvalue weighted by Gasteiger charge is 2.04. The van der Waals surface area contributed by atoms with E-state index in [1.165, 1.54) is 0 Å². The fourth-order valence-electron chi connectivity index (χ4n) is 1.14. The third-order valence-corrected chi connectivity index (χ3v) is 2.86. The number of nitrogens with zero attached hydrogens (tertiary/aromatic N) is 1. The summed E-state index contributed by atoms with van der Waals surface area (Å²) in [4.78, 5) is 4.16. The Balaban J connectivity index is 2.50. The van der Waals surface area contributed by atoms with Crippen LogP contribution in [0.5, 0.6) is 0 Å². The molecule has 5 heteroatoms. The summed E-state index contributed by atoms with van der Waals surface area (Å²) in [5, 5.41) is 12.6. The van der Waals surface area contributed by atoms with Crippen molar-refractivity contribution >= 4 is 33.3 Å². The van der Waals surface area contributed by atoms with Gasteiger partial charge in [0.15, 0.2) is 0 Å². The molecule has 1 heterocycles. The maximum atomic E-state index is 8.75. The van der Waals surface area contributed by atoms with Crippen LogP contribution in [0.2, 0.25) is 5.02 Å². The van der Waals surface area contributed by atoms with Gasteiger partial charge in [-0.1, -0.05) is 18.5 Å². The number of aromatic nitrogens is 1. The number of hydrogen-bond acceptors (Lipinski definition) is 3. The maximum Gasteiger partial charge on any atom is 0.140 e. The van der Waals surface area contributed by atoms with Crippen molar-refractivity contribution in [2.45, 2.75) is 13.3 Å². The second kappa shape index (κ2) is 6.30. The Morgan fingerprint density at radius 1 is 1.67 bits per heavy atom. The van der Waals surface area contributed by atoms with E-state index in [0.29, 0.717) is 10.9 Å². The molecule has 15 heavy (non-hydrogen) atoms. The molecular formula is C10H14BrClN2O. The molecule has 0 amide bonds. The fraction of sp³-hybridized carbons (Fsp3) is 0.500. The number of nitrogens with one attached hydrogen (secondary N) is 1. The average Bonchev–Trinajstić information content (AvgIpc) is 2.17. The Hall–Kier alpha value is -0.320. The molecule has 0 radical (unpaired) electrons. The number of rotatable bonds is 5. The van der Waals surface area contributed by atoms with Crippen LogP contribution in [0.3, 0.4) is 0 Å².